The molecule has 1 N–H and O–H groups in total. The van der Waals surface area contributed by atoms with Gasteiger partial charge in [-0.1, -0.05) is 38.6 Å². The molecule has 2 heterocycles. The molecule has 0 aromatic heterocycles. The smallest absolute Gasteiger partial charge is 0.339 e. The second kappa shape index (κ2) is 13.0. The molecule has 2 aliphatic heterocycles. The first kappa shape index (κ1) is 37.9. The summed E-state index contributed by atoms with van der Waals surface area (Å²) in [6, 6.07) is 7.92. The standard InChI is InChI=1S/C37H46O14/c1-17(2)36(50-32(43)25-14-12-11-13-15-25)29(46-21(6)39)19(4)35(44)26-16-18(3)28(45-20(5)38)37(26)33(49-24(9)42)34(10,51-37)30(47-22(7)40)27(35)31(36)48-23(8)41/h11-15,18-19,26-31,33,44H,1,16H2,2-10H3/t18-,19+,26-,27-,28-,29-,30-,31+,33+,34+,35-,36-,37+/m0/s1. The lowest BCUT2D eigenvalue weighted by molar-refractivity contribution is -0.391. The van der Waals surface area contributed by atoms with Crippen LogP contribution in [0.1, 0.15) is 79.1 Å². The number of carbonyl (C=O) groups excluding carboxylic acids is 6. The van der Waals surface area contributed by atoms with Crippen LogP contribution in [0.5, 0.6) is 0 Å². The van der Waals surface area contributed by atoms with Crippen molar-refractivity contribution in [2.45, 2.75) is 122 Å². The van der Waals surface area contributed by atoms with Gasteiger partial charge in [0, 0.05) is 46.5 Å². The molecule has 5 aliphatic rings. The molecule has 3 saturated carbocycles. The van der Waals surface area contributed by atoms with E-state index in [1.807, 2.05) is 0 Å². The van der Waals surface area contributed by atoms with Gasteiger partial charge in [0.15, 0.2) is 23.9 Å². The molecule has 6 rings (SSSR count). The Morgan fingerprint density at radius 1 is 0.745 bits per heavy atom. The Kier molecular flexibility index (Phi) is 9.70. The van der Waals surface area contributed by atoms with Crippen LogP contribution in [0.3, 0.4) is 0 Å². The van der Waals surface area contributed by atoms with Gasteiger partial charge in [0.1, 0.15) is 17.8 Å². The van der Waals surface area contributed by atoms with Gasteiger partial charge in [-0.25, -0.2) is 4.79 Å². The molecule has 1 aromatic carbocycles. The topological polar surface area (TPSA) is 187 Å². The van der Waals surface area contributed by atoms with Crippen LogP contribution in [0.4, 0.5) is 0 Å². The maximum absolute atomic E-state index is 14.0. The highest BCUT2D eigenvalue weighted by atomic mass is 16.7. The average Bonchev–Trinajstić information content (AvgIpc) is 3.25. The number of rotatable bonds is 8. The number of benzene rings is 1. The second-order valence-electron chi connectivity index (χ2n) is 14.5. The highest BCUT2D eigenvalue weighted by Gasteiger charge is 2.89. The van der Waals surface area contributed by atoms with Crippen LogP contribution in [-0.2, 0) is 57.1 Å². The van der Waals surface area contributed by atoms with E-state index in [0.717, 1.165) is 20.8 Å². The van der Waals surface area contributed by atoms with Crippen molar-refractivity contribution in [1.29, 1.82) is 0 Å². The number of hydrogen-bond acceptors (Lipinski definition) is 14. The van der Waals surface area contributed by atoms with Gasteiger partial charge in [0.25, 0.3) is 0 Å². The van der Waals surface area contributed by atoms with Gasteiger partial charge >= 0.3 is 35.8 Å². The number of esters is 6. The van der Waals surface area contributed by atoms with Gasteiger partial charge in [-0.15, -0.1) is 0 Å². The molecule has 0 unspecified atom stereocenters. The SMILES string of the molecule is C=C(C)[C@@]1(OC(=O)c2ccccc2)[C@H](OC(C)=O)[C@@H]2[C@H](OC(C)=O)[C@@]3(C)O[C@@]4([C@@H]3OC(C)=O)[C@@H](OC(C)=O)[C@@H](C)C[C@H]4[C@@]2(O)[C@H](C)[C@@H]1OC(C)=O. The van der Waals surface area contributed by atoms with Gasteiger partial charge in [-0.05, 0) is 43.9 Å². The summed E-state index contributed by atoms with van der Waals surface area (Å²) >= 11 is 0. The molecular weight excluding hydrogens is 668 g/mol. The molecule has 0 amide bonds. The zero-order chi connectivity index (χ0) is 38.0. The lowest BCUT2D eigenvalue weighted by Gasteiger charge is -2.62. The molecule has 3 aliphatic carbocycles. The molecule has 1 aromatic rings. The first-order valence-electron chi connectivity index (χ1n) is 16.9. The predicted molar refractivity (Wildman–Crippen MR) is 174 cm³/mol. The van der Waals surface area contributed by atoms with Crippen molar-refractivity contribution >= 4 is 35.8 Å². The van der Waals surface area contributed by atoms with Crippen molar-refractivity contribution in [3.8, 4) is 0 Å². The summed E-state index contributed by atoms with van der Waals surface area (Å²) in [7, 11) is 0. The summed E-state index contributed by atoms with van der Waals surface area (Å²) in [6.45, 7) is 16.2. The van der Waals surface area contributed by atoms with E-state index < -0.39 is 112 Å². The fourth-order valence-electron chi connectivity index (χ4n) is 9.63. The van der Waals surface area contributed by atoms with Crippen LogP contribution in [-0.4, -0.2) is 93.8 Å². The molecule has 51 heavy (non-hydrogen) atoms. The van der Waals surface area contributed by atoms with Crippen LogP contribution < -0.4 is 0 Å². The van der Waals surface area contributed by atoms with Gasteiger partial charge in [-0.3, -0.25) is 24.0 Å². The van der Waals surface area contributed by atoms with E-state index in [1.54, 1.807) is 32.0 Å². The third-order valence-electron chi connectivity index (χ3n) is 11.2. The van der Waals surface area contributed by atoms with Crippen LogP contribution in [0.15, 0.2) is 42.5 Å². The molecule has 14 heteroatoms. The fourth-order valence-corrected chi connectivity index (χ4v) is 9.63. The Morgan fingerprint density at radius 2 is 1.24 bits per heavy atom. The van der Waals surface area contributed by atoms with Crippen molar-refractivity contribution in [3.63, 3.8) is 0 Å². The first-order chi connectivity index (χ1) is 23.7. The fraction of sp³-hybridized carbons (Fsp3) is 0.622. The van der Waals surface area contributed by atoms with Crippen LogP contribution in [0, 0.1) is 23.7 Å². The Morgan fingerprint density at radius 3 is 1.75 bits per heavy atom. The maximum atomic E-state index is 14.0. The van der Waals surface area contributed by atoms with Gasteiger partial charge in [0.2, 0.25) is 5.60 Å². The largest absolute Gasteiger partial charge is 0.459 e. The molecule has 2 bridgehead atoms. The number of carbonyl (C=O) groups is 6. The monoisotopic (exact) mass is 714 g/mol. The van der Waals surface area contributed by atoms with Crippen molar-refractivity contribution < 1.29 is 67.0 Å². The second-order valence-corrected chi connectivity index (χ2v) is 14.5. The minimum absolute atomic E-state index is 0.0752. The van der Waals surface area contributed by atoms with E-state index in [1.165, 1.54) is 39.8 Å². The molecular formula is C37H46O14. The summed E-state index contributed by atoms with van der Waals surface area (Å²) in [5, 5.41) is 13.6. The molecule has 278 valence electrons. The van der Waals surface area contributed by atoms with Crippen molar-refractivity contribution in [2.24, 2.45) is 23.7 Å². The third kappa shape index (κ3) is 5.61. The maximum Gasteiger partial charge on any atom is 0.339 e. The minimum Gasteiger partial charge on any atom is -0.459 e. The number of aliphatic hydroxyl groups is 1. The molecule has 1 spiro atoms. The Labute approximate surface area is 296 Å². The summed E-state index contributed by atoms with van der Waals surface area (Å²) < 4.78 is 43.1. The van der Waals surface area contributed by atoms with Gasteiger partial charge in [-0.2, -0.15) is 0 Å². The summed E-state index contributed by atoms with van der Waals surface area (Å²) in [4.78, 5) is 78.5. The lowest BCUT2D eigenvalue weighted by atomic mass is 9.52. The number of ether oxygens (including phenoxy) is 7. The van der Waals surface area contributed by atoms with E-state index in [-0.39, 0.29) is 17.6 Å². The quantitative estimate of drug-likeness (QED) is 0.235. The van der Waals surface area contributed by atoms with Gasteiger partial charge in [0.05, 0.1) is 17.1 Å². The van der Waals surface area contributed by atoms with Crippen molar-refractivity contribution in [1.82, 2.24) is 0 Å². The van der Waals surface area contributed by atoms with E-state index in [2.05, 4.69) is 6.58 Å². The van der Waals surface area contributed by atoms with Crippen molar-refractivity contribution in [2.75, 3.05) is 0 Å². The van der Waals surface area contributed by atoms with Crippen LogP contribution >= 0.6 is 0 Å². The zero-order valence-corrected chi connectivity index (χ0v) is 30.3. The summed E-state index contributed by atoms with van der Waals surface area (Å²) in [5.41, 5.74) is -7.70. The average molecular weight is 715 g/mol. The Bertz CT molecular complexity index is 1640. The first-order valence-corrected chi connectivity index (χ1v) is 16.9. The van der Waals surface area contributed by atoms with Gasteiger partial charge < -0.3 is 38.3 Å². The molecule has 14 nitrogen and oxygen atoms in total. The summed E-state index contributed by atoms with van der Waals surface area (Å²) in [5.74, 6) is -9.17. The Hall–Kier alpha value is -4.30. The van der Waals surface area contributed by atoms with Crippen LogP contribution in [0.2, 0.25) is 0 Å². The van der Waals surface area contributed by atoms with E-state index in [4.69, 9.17) is 33.2 Å². The normalized spacial score (nSPS) is 40.5. The van der Waals surface area contributed by atoms with Crippen LogP contribution in [0.25, 0.3) is 0 Å². The molecule has 2 saturated heterocycles. The molecule has 0 radical (unpaired) electrons. The predicted octanol–water partition coefficient (Wildman–Crippen LogP) is 3.01. The lowest BCUT2D eigenvalue weighted by Crippen LogP contribution is -2.80. The third-order valence-corrected chi connectivity index (χ3v) is 11.2. The molecule has 13 atom stereocenters. The zero-order valence-electron chi connectivity index (χ0n) is 30.3. The van der Waals surface area contributed by atoms with E-state index in [0.29, 0.717) is 0 Å². The van der Waals surface area contributed by atoms with E-state index >= 15 is 0 Å². The minimum atomic E-state index is -2.20. The summed E-state index contributed by atoms with van der Waals surface area (Å²) in [6.07, 6.45) is -7.17. The van der Waals surface area contributed by atoms with E-state index in [9.17, 15) is 33.9 Å². The number of hydrogen-bond donors (Lipinski definition) is 1. The van der Waals surface area contributed by atoms with Crippen molar-refractivity contribution in [3.05, 3.63) is 48.0 Å². The Balaban J connectivity index is 1.89. The molecule has 5 fully saturated rings. The highest BCUT2D eigenvalue weighted by molar-refractivity contribution is 5.90. The highest BCUT2D eigenvalue weighted by Crippen LogP contribution is 2.71.